The zero-order valence-electron chi connectivity index (χ0n) is 17.1. The number of carbonyl (C=O) groups excluding carboxylic acids is 1. The van der Waals surface area contributed by atoms with Gasteiger partial charge in [0.25, 0.3) is 0 Å². The molecule has 0 bridgehead atoms. The molecule has 1 aliphatic rings. The zero-order chi connectivity index (χ0) is 23.0. The summed E-state index contributed by atoms with van der Waals surface area (Å²) in [6, 6.07) is 1.65. The number of benzene rings is 1. The van der Waals surface area contributed by atoms with Crippen molar-refractivity contribution in [3.63, 3.8) is 0 Å². The Morgan fingerprint density at radius 2 is 2.00 bits per heavy atom. The minimum atomic E-state index is -1.08. The Hall–Kier alpha value is -3.80. The second-order valence-electron chi connectivity index (χ2n) is 6.68. The lowest BCUT2D eigenvalue weighted by molar-refractivity contribution is -0.139. The smallest absolute Gasteiger partial charge is 0.305 e. The van der Waals surface area contributed by atoms with E-state index in [4.69, 9.17) is 23.4 Å². The van der Waals surface area contributed by atoms with Crippen molar-refractivity contribution in [1.29, 1.82) is 0 Å². The first-order valence-corrected chi connectivity index (χ1v) is 10.1. The molecule has 4 rings (SSSR count). The van der Waals surface area contributed by atoms with E-state index in [0.717, 1.165) is 11.8 Å². The molecule has 32 heavy (non-hydrogen) atoms. The molecular formula is C20H17N3O8S. The molecule has 1 saturated heterocycles. The lowest BCUT2D eigenvalue weighted by atomic mass is 10.1. The van der Waals surface area contributed by atoms with E-state index in [0.29, 0.717) is 11.0 Å². The van der Waals surface area contributed by atoms with Crippen LogP contribution < -0.4 is 14.9 Å². The van der Waals surface area contributed by atoms with E-state index in [9.17, 15) is 14.4 Å². The summed E-state index contributed by atoms with van der Waals surface area (Å²) >= 11 is 0.994. The van der Waals surface area contributed by atoms with Gasteiger partial charge >= 0.3 is 5.97 Å². The molecule has 1 atom stereocenters. The molecule has 1 amide bonds. The van der Waals surface area contributed by atoms with E-state index < -0.39 is 16.6 Å². The van der Waals surface area contributed by atoms with Crippen LogP contribution in [0.15, 0.2) is 42.4 Å². The molecule has 3 heterocycles. The first-order valence-electron chi connectivity index (χ1n) is 9.21. The molecule has 0 spiro atoms. The van der Waals surface area contributed by atoms with E-state index >= 15 is 0 Å². The summed E-state index contributed by atoms with van der Waals surface area (Å²) in [5.41, 5.74) is 0.202. The van der Waals surface area contributed by atoms with E-state index in [1.54, 1.807) is 6.07 Å². The van der Waals surface area contributed by atoms with Crippen LogP contribution in [0.4, 0.5) is 0 Å². The van der Waals surface area contributed by atoms with Gasteiger partial charge in [-0.05, 0) is 6.07 Å². The number of aliphatic carboxylic acids is 1. The fourth-order valence-corrected chi connectivity index (χ4v) is 4.41. The van der Waals surface area contributed by atoms with E-state index in [1.165, 1.54) is 44.9 Å². The lowest BCUT2D eigenvalue weighted by Crippen LogP contribution is -2.28. The molecular weight excluding hydrogens is 442 g/mol. The maximum atomic E-state index is 13.2. The topological polar surface area (TPSA) is 144 Å². The molecule has 1 aromatic carbocycles. The number of rotatable bonds is 6. The van der Waals surface area contributed by atoms with E-state index in [1.807, 2.05) is 0 Å². The SMILES string of the molecule is COc1c2occc2c(OC)c2c(=O)c(/C=N/N=C3\SC(CC(=O)O)C(=O)N3C)coc12. The third kappa shape index (κ3) is 3.47. The summed E-state index contributed by atoms with van der Waals surface area (Å²) in [5, 5.41) is 16.9. The molecule has 12 heteroatoms. The average molecular weight is 459 g/mol. The number of methoxy groups -OCH3 is 2. The van der Waals surface area contributed by atoms with Crippen LogP contribution >= 0.6 is 11.8 Å². The summed E-state index contributed by atoms with van der Waals surface area (Å²) in [5.74, 6) is -0.932. The Labute approximate surface area is 184 Å². The highest BCUT2D eigenvalue weighted by atomic mass is 32.2. The second kappa shape index (κ2) is 8.38. The Morgan fingerprint density at radius 3 is 2.69 bits per heavy atom. The molecule has 166 valence electrons. The van der Waals surface area contributed by atoms with Crippen LogP contribution in [0.3, 0.4) is 0 Å². The second-order valence-corrected chi connectivity index (χ2v) is 7.85. The van der Waals surface area contributed by atoms with Gasteiger partial charge in [-0.3, -0.25) is 19.3 Å². The van der Waals surface area contributed by atoms with Gasteiger partial charge in [-0.15, -0.1) is 5.10 Å². The van der Waals surface area contributed by atoms with Gasteiger partial charge in [-0.2, -0.15) is 5.10 Å². The Morgan fingerprint density at radius 1 is 1.25 bits per heavy atom. The summed E-state index contributed by atoms with van der Waals surface area (Å²) in [7, 11) is 4.34. The number of carboxylic acid groups (broad SMARTS) is 1. The van der Waals surface area contributed by atoms with Crippen molar-refractivity contribution >= 4 is 57.0 Å². The number of furan rings is 1. The monoisotopic (exact) mass is 459 g/mol. The normalized spacial score (nSPS) is 17.8. The Kier molecular flexibility index (Phi) is 5.61. The van der Waals surface area contributed by atoms with Crippen molar-refractivity contribution < 1.29 is 33.0 Å². The van der Waals surface area contributed by atoms with Gasteiger partial charge in [0.2, 0.25) is 17.1 Å². The predicted molar refractivity (Wildman–Crippen MR) is 117 cm³/mol. The van der Waals surface area contributed by atoms with E-state index in [2.05, 4.69) is 10.2 Å². The van der Waals surface area contributed by atoms with Gasteiger partial charge in [0.15, 0.2) is 16.3 Å². The van der Waals surface area contributed by atoms with E-state index in [-0.39, 0.29) is 45.5 Å². The number of hydrogen-bond donors (Lipinski definition) is 1. The third-order valence-corrected chi connectivity index (χ3v) is 6.04. The van der Waals surface area contributed by atoms with Crippen LogP contribution in [0.1, 0.15) is 12.0 Å². The Bertz CT molecular complexity index is 1360. The van der Waals surface area contributed by atoms with Gasteiger partial charge in [0.1, 0.15) is 22.6 Å². The summed E-state index contributed by atoms with van der Waals surface area (Å²) < 4.78 is 21.9. The molecule has 1 aliphatic heterocycles. The summed E-state index contributed by atoms with van der Waals surface area (Å²) in [6.45, 7) is 0. The quantitative estimate of drug-likeness (QED) is 0.433. The van der Waals surface area contributed by atoms with Gasteiger partial charge in [-0.1, -0.05) is 11.8 Å². The number of fused-ring (bicyclic) bond motifs is 2. The van der Waals surface area contributed by atoms with Crippen LogP contribution in [-0.2, 0) is 9.59 Å². The number of amides is 1. The Balaban J connectivity index is 1.74. The number of carboxylic acids is 1. The van der Waals surface area contributed by atoms with Crippen LogP contribution in [-0.4, -0.2) is 59.8 Å². The molecule has 0 radical (unpaired) electrons. The van der Waals surface area contributed by atoms with Crippen molar-refractivity contribution in [3.8, 4) is 11.5 Å². The summed E-state index contributed by atoms with van der Waals surface area (Å²) in [4.78, 5) is 37.4. The third-order valence-electron chi connectivity index (χ3n) is 4.82. The van der Waals surface area contributed by atoms with Crippen LogP contribution in [0.5, 0.6) is 11.5 Å². The van der Waals surface area contributed by atoms with Crippen molar-refractivity contribution in [3.05, 3.63) is 34.4 Å². The molecule has 1 N–H and O–H groups in total. The maximum absolute atomic E-state index is 13.2. The summed E-state index contributed by atoms with van der Waals surface area (Å²) in [6.07, 6.45) is 3.52. The lowest BCUT2D eigenvalue weighted by Gasteiger charge is -2.10. The van der Waals surface area contributed by atoms with Crippen LogP contribution in [0, 0.1) is 0 Å². The van der Waals surface area contributed by atoms with Gasteiger partial charge < -0.3 is 23.4 Å². The molecule has 3 aromatic rings. The average Bonchev–Trinajstić information content (AvgIpc) is 3.34. The maximum Gasteiger partial charge on any atom is 0.305 e. The van der Waals surface area contributed by atoms with Crippen molar-refractivity contribution in [2.45, 2.75) is 11.7 Å². The standard InChI is InChI=1S/C20H17N3O8S/c1-23-19(27)11(6-12(24)25)32-20(23)22-21-7-9-8-31-17-13(14(9)26)15(28-2)10-4-5-30-16(10)18(17)29-3/h4-5,7-8,11H,6H2,1-3H3,(H,24,25)/b21-7+,22-20-. The minimum absolute atomic E-state index is 0.0871. The minimum Gasteiger partial charge on any atom is -0.495 e. The number of nitrogens with zero attached hydrogens (tertiary/aromatic N) is 3. The highest BCUT2D eigenvalue weighted by Gasteiger charge is 2.37. The van der Waals surface area contributed by atoms with Crippen LogP contribution in [0.25, 0.3) is 21.9 Å². The number of ether oxygens (including phenoxy) is 2. The molecule has 0 saturated carbocycles. The highest BCUT2D eigenvalue weighted by Crippen LogP contribution is 2.41. The van der Waals surface area contributed by atoms with Crippen molar-refractivity contribution in [2.24, 2.45) is 10.2 Å². The molecule has 1 fully saturated rings. The molecule has 11 nitrogen and oxygen atoms in total. The number of hydrogen-bond acceptors (Lipinski definition) is 10. The fraction of sp³-hybridized carbons (Fsp3) is 0.250. The van der Waals surface area contributed by atoms with Gasteiger partial charge in [-0.25, -0.2) is 0 Å². The van der Waals surface area contributed by atoms with Crippen molar-refractivity contribution in [1.82, 2.24) is 4.90 Å². The number of thioether (sulfide) groups is 1. The van der Waals surface area contributed by atoms with Crippen LogP contribution in [0.2, 0.25) is 0 Å². The largest absolute Gasteiger partial charge is 0.495 e. The number of carbonyl (C=O) groups is 2. The first kappa shape index (κ1) is 21.4. The first-order chi connectivity index (χ1) is 15.4. The van der Waals surface area contributed by atoms with Gasteiger partial charge in [0, 0.05) is 7.05 Å². The molecule has 2 aromatic heterocycles. The number of amidine groups is 1. The van der Waals surface area contributed by atoms with Crippen molar-refractivity contribution in [2.75, 3.05) is 21.3 Å². The molecule has 0 aliphatic carbocycles. The highest BCUT2D eigenvalue weighted by molar-refractivity contribution is 8.15. The molecule has 1 unspecified atom stereocenters. The fourth-order valence-electron chi connectivity index (χ4n) is 3.33. The van der Waals surface area contributed by atoms with Gasteiger partial charge in [0.05, 0.1) is 44.1 Å². The zero-order valence-corrected chi connectivity index (χ0v) is 18.0. The predicted octanol–water partition coefficient (Wildman–Crippen LogP) is 2.29.